The fraction of sp³-hybridized carbons (Fsp3) is 0.480. The van der Waals surface area contributed by atoms with Gasteiger partial charge >= 0.3 is 6.18 Å². The van der Waals surface area contributed by atoms with Gasteiger partial charge in [-0.3, -0.25) is 4.68 Å². The summed E-state index contributed by atoms with van der Waals surface area (Å²) in [6, 6.07) is 6.10. The quantitative estimate of drug-likeness (QED) is 0.269. The lowest BCUT2D eigenvalue weighted by atomic mass is 10.1. The molecule has 5 N–H and O–H groups in total. The predicted molar refractivity (Wildman–Crippen MR) is 150 cm³/mol. The van der Waals surface area contributed by atoms with Crippen LogP contribution in [0.25, 0.3) is 11.3 Å². The highest BCUT2D eigenvalue weighted by molar-refractivity contribution is 7.89. The first-order valence-electron chi connectivity index (χ1n) is 12.8. The number of benzene rings is 1. The summed E-state index contributed by atoms with van der Waals surface area (Å²) in [7, 11) is -3.70. The maximum atomic E-state index is 13.7. The average Bonchev–Trinajstić information content (AvgIpc) is 3.34. The molecule has 4 rings (SSSR count). The van der Waals surface area contributed by atoms with E-state index in [1.807, 2.05) is 0 Å². The standard InChI is InChI=1S/C25H33F3N8O3S.ClH/c1-24(2,37)16-35-15-17(13-32-35)22-21(25(26,27)28)14-31-23(34-22)33-19-3-5-20(6-4-19)40(38,39)36-11-7-18(8-12-36)30-10-9-29;/h3-6,13-15,18,30,37H,7-12,16,29H2,1-2H3,(H,31,33,34);1H. The highest BCUT2D eigenvalue weighted by Gasteiger charge is 2.36. The molecule has 41 heavy (non-hydrogen) atoms. The first kappa shape index (κ1) is 32.7. The van der Waals surface area contributed by atoms with Crippen LogP contribution in [0.5, 0.6) is 0 Å². The Kier molecular flexibility index (Phi) is 10.4. The van der Waals surface area contributed by atoms with Crippen molar-refractivity contribution in [2.45, 2.75) is 55.9 Å². The van der Waals surface area contributed by atoms with Crippen LogP contribution in [0, 0.1) is 0 Å². The molecule has 2 aromatic heterocycles. The number of piperidine rings is 1. The van der Waals surface area contributed by atoms with Crippen LogP contribution in [0.1, 0.15) is 32.3 Å². The number of aliphatic hydroxyl groups is 1. The Balaban J connectivity index is 0.00000462. The smallest absolute Gasteiger partial charge is 0.389 e. The Bertz CT molecular complexity index is 1400. The number of nitrogens with one attached hydrogen (secondary N) is 2. The van der Waals surface area contributed by atoms with Crippen LogP contribution in [0.3, 0.4) is 0 Å². The maximum absolute atomic E-state index is 13.7. The SMILES string of the molecule is CC(C)(O)Cn1cc(-c2nc(Nc3ccc(S(=O)(=O)N4CCC(NCCN)CC4)cc3)ncc2C(F)(F)F)cn1.Cl. The molecule has 1 aliphatic heterocycles. The first-order chi connectivity index (χ1) is 18.8. The van der Waals surface area contributed by atoms with Gasteiger partial charge in [-0.25, -0.2) is 18.4 Å². The largest absolute Gasteiger partial charge is 0.419 e. The number of nitrogens with zero attached hydrogens (tertiary/aromatic N) is 5. The molecule has 0 radical (unpaired) electrons. The number of alkyl halides is 3. The molecule has 1 aromatic carbocycles. The maximum Gasteiger partial charge on any atom is 0.419 e. The summed E-state index contributed by atoms with van der Waals surface area (Å²) in [5.74, 6) is -0.110. The zero-order valence-corrected chi connectivity index (χ0v) is 24.2. The molecule has 0 bridgehead atoms. The number of sulfonamides is 1. The van der Waals surface area contributed by atoms with Crippen LogP contribution in [0.15, 0.2) is 47.8 Å². The lowest BCUT2D eigenvalue weighted by Gasteiger charge is -2.31. The number of nitrogens with two attached hydrogens (primary N) is 1. The molecule has 0 amide bonds. The van der Waals surface area contributed by atoms with E-state index in [0.717, 1.165) is 0 Å². The molecule has 0 unspecified atom stereocenters. The van der Waals surface area contributed by atoms with Crippen LogP contribution < -0.4 is 16.4 Å². The molecule has 3 heterocycles. The van der Waals surface area contributed by atoms with E-state index >= 15 is 0 Å². The van der Waals surface area contributed by atoms with Crippen LogP contribution in [0.2, 0.25) is 0 Å². The van der Waals surface area contributed by atoms with Gasteiger partial charge in [-0.15, -0.1) is 12.4 Å². The normalized spacial score (nSPS) is 15.5. The predicted octanol–water partition coefficient (Wildman–Crippen LogP) is 3.00. The van der Waals surface area contributed by atoms with E-state index in [2.05, 4.69) is 25.7 Å². The van der Waals surface area contributed by atoms with Crippen molar-refractivity contribution in [1.82, 2.24) is 29.4 Å². The lowest BCUT2D eigenvalue weighted by Crippen LogP contribution is -2.45. The van der Waals surface area contributed by atoms with E-state index in [9.17, 15) is 26.7 Å². The van der Waals surface area contributed by atoms with Gasteiger partial charge in [-0.05, 0) is 51.0 Å². The minimum absolute atomic E-state index is 0. The van der Waals surface area contributed by atoms with Gasteiger partial charge in [0.2, 0.25) is 16.0 Å². The van der Waals surface area contributed by atoms with Crippen LogP contribution in [-0.4, -0.2) is 75.4 Å². The third-order valence-electron chi connectivity index (χ3n) is 6.33. The summed E-state index contributed by atoms with van der Waals surface area (Å²) >= 11 is 0. The van der Waals surface area contributed by atoms with Crippen LogP contribution in [0.4, 0.5) is 24.8 Å². The molecule has 0 aliphatic carbocycles. The molecule has 11 nitrogen and oxygen atoms in total. The number of halogens is 4. The number of hydrogen-bond donors (Lipinski definition) is 4. The molecular weight excluding hydrogens is 585 g/mol. The molecule has 0 spiro atoms. The number of anilines is 2. The highest BCUT2D eigenvalue weighted by atomic mass is 35.5. The second-order valence-corrected chi connectivity index (χ2v) is 12.2. The van der Waals surface area contributed by atoms with Gasteiger partial charge < -0.3 is 21.5 Å². The Morgan fingerprint density at radius 1 is 1.12 bits per heavy atom. The van der Waals surface area contributed by atoms with E-state index in [0.29, 0.717) is 50.9 Å². The summed E-state index contributed by atoms with van der Waals surface area (Å²) in [6.45, 7) is 5.17. The zero-order valence-electron chi connectivity index (χ0n) is 22.6. The van der Waals surface area contributed by atoms with Gasteiger partial charge in [-0.1, -0.05) is 0 Å². The molecule has 226 valence electrons. The van der Waals surface area contributed by atoms with Gasteiger partial charge in [0.1, 0.15) is 5.56 Å². The summed E-state index contributed by atoms with van der Waals surface area (Å²) in [5, 5.41) is 20.2. The summed E-state index contributed by atoms with van der Waals surface area (Å²) < 4.78 is 70.2. The number of aromatic nitrogens is 4. The Hall–Kier alpha value is -2.82. The van der Waals surface area contributed by atoms with Gasteiger partial charge in [0.05, 0.1) is 28.9 Å². The Morgan fingerprint density at radius 3 is 2.37 bits per heavy atom. The molecule has 1 saturated heterocycles. The van der Waals surface area contributed by atoms with Gasteiger partial charge in [-0.2, -0.15) is 22.6 Å². The fourth-order valence-electron chi connectivity index (χ4n) is 4.41. The number of hydrogen-bond acceptors (Lipinski definition) is 9. The topological polar surface area (TPSA) is 151 Å². The Morgan fingerprint density at radius 2 is 1.78 bits per heavy atom. The summed E-state index contributed by atoms with van der Waals surface area (Å²) in [4.78, 5) is 8.02. The zero-order chi connectivity index (χ0) is 29.1. The lowest BCUT2D eigenvalue weighted by molar-refractivity contribution is -0.137. The van der Waals surface area contributed by atoms with Crippen molar-refractivity contribution in [2.24, 2.45) is 5.73 Å². The van der Waals surface area contributed by atoms with Crippen molar-refractivity contribution in [3.05, 3.63) is 48.4 Å². The molecule has 3 aromatic rings. The van der Waals surface area contributed by atoms with Crippen molar-refractivity contribution >= 4 is 34.1 Å². The van der Waals surface area contributed by atoms with E-state index in [-0.39, 0.29) is 47.1 Å². The van der Waals surface area contributed by atoms with Crippen molar-refractivity contribution in [3.8, 4) is 11.3 Å². The second kappa shape index (κ2) is 13.0. The van der Waals surface area contributed by atoms with Crippen molar-refractivity contribution in [3.63, 3.8) is 0 Å². The van der Waals surface area contributed by atoms with Gasteiger partial charge in [0.15, 0.2) is 0 Å². The van der Waals surface area contributed by atoms with E-state index in [4.69, 9.17) is 5.73 Å². The van der Waals surface area contributed by atoms with Gasteiger partial charge in [0.25, 0.3) is 0 Å². The first-order valence-corrected chi connectivity index (χ1v) is 14.2. The van der Waals surface area contributed by atoms with E-state index in [1.54, 1.807) is 13.8 Å². The van der Waals surface area contributed by atoms with E-state index in [1.165, 1.54) is 45.6 Å². The van der Waals surface area contributed by atoms with Crippen molar-refractivity contribution < 1.29 is 26.7 Å². The van der Waals surface area contributed by atoms with Crippen LogP contribution >= 0.6 is 12.4 Å². The summed E-state index contributed by atoms with van der Waals surface area (Å²) in [6.07, 6.45) is -0.0495. The second-order valence-electron chi connectivity index (χ2n) is 10.3. The monoisotopic (exact) mass is 618 g/mol. The minimum Gasteiger partial charge on any atom is -0.389 e. The third kappa shape index (κ3) is 8.36. The minimum atomic E-state index is -4.71. The fourth-order valence-corrected chi connectivity index (χ4v) is 5.88. The van der Waals surface area contributed by atoms with Crippen LogP contribution in [-0.2, 0) is 22.7 Å². The molecule has 1 aliphatic rings. The number of rotatable bonds is 10. The molecule has 0 atom stereocenters. The molecular formula is C25H34ClF3N8O3S. The highest BCUT2D eigenvalue weighted by Crippen LogP contribution is 2.36. The molecule has 16 heteroatoms. The Labute approximate surface area is 242 Å². The molecule has 1 fully saturated rings. The molecule has 0 saturated carbocycles. The average molecular weight is 619 g/mol. The van der Waals surface area contributed by atoms with E-state index < -0.39 is 27.4 Å². The van der Waals surface area contributed by atoms with Crippen molar-refractivity contribution in [2.75, 3.05) is 31.5 Å². The van der Waals surface area contributed by atoms with Crippen molar-refractivity contribution in [1.29, 1.82) is 0 Å². The van der Waals surface area contributed by atoms with Gasteiger partial charge in [0, 0.05) is 55.9 Å². The summed E-state index contributed by atoms with van der Waals surface area (Å²) in [5.41, 5.74) is 3.48. The third-order valence-corrected chi connectivity index (χ3v) is 8.24.